The van der Waals surface area contributed by atoms with Gasteiger partial charge in [0, 0.05) is 11.1 Å². The van der Waals surface area contributed by atoms with Crippen LogP contribution in [0, 0.1) is 11.3 Å². The lowest BCUT2D eigenvalue weighted by molar-refractivity contribution is -0.138. The van der Waals surface area contributed by atoms with Crippen LogP contribution in [0.1, 0.15) is 28.2 Å². The van der Waals surface area contributed by atoms with Crippen LogP contribution in [-0.4, -0.2) is 13.2 Å². The maximum atomic E-state index is 13.7. The van der Waals surface area contributed by atoms with Gasteiger partial charge in [0.25, 0.3) is 0 Å². The minimum atomic E-state index is -4.72. The lowest BCUT2D eigenvalue weighted by atomic mass is 9.79. The zero-order valence-electron chi connectivity index (χ0n) is 17.3. The first-order valence-electron chi connectivity index (χ1n) is 9.94. The molecule has 2 aliphatic heterocycles. The molecule has 0 fully saturated rings. The number of halogens is 6. The number of hydrogen-bond acceptors (Lipinski definition) is 4. The molecule has 1 atom stereocenters. The van der Waals surface area contributed by atoms with Crippen molar-refractivity contribution in [3.63, 3.8) is 0 Å². The summed E-state index contributed by atoms with van der Waals surface area (Å²) in [4.78, 5) is 0. The van der Waals surface area contributed by atoms with Gasteiger partial charge in [0.15, 0.2) is 0 Å². The predicted molar refractivity (Wildman–Crippen MR) is 109 cm³/mol. The van der Waals surface area contributed by atoms with E-state index in [4.69, 9.17) is 15.2 Å². The van der Waals surface area contributed by atoms with Crippen molar-refractivity contribution in [2.24, 2.45) is 5.73 Å². The van der Waals surface area contributed by atoms with E-state index < -0.39 is 35.3 Å². The molecule has 10 heteroatoms. The van der Waals surface area contributed by atoms with E-state index in [-0.39, 0.29) is 46.8 Å². The smallest absolute Gasteiger partial charge is 0.416 e. The second-order valence-corrected chi connectivity index (χ2v) is 7.61. The summed E-state index contributed by atoms with van der Waals surface area (Å²) in [5, 5.41) is 9.65. The van der Waals surface area contributed by atoms with Crippen LogP contribution < -0.4 is 5.73 Å². The van der Waals surface area contributed by atoms with Gasteiger partial charge >= 0.3 is 12.4 Å². The molecule has 0 bridgehead atoms. The summed E-state index contributed by atoms with van der Waals surface area (Å²) in [6, 6.07) is 11.4. The first-order chi connectivity index (χ1) is 16.0. The van der Waals surface area contributed by atoms with E-state index in [1.807, 2.05) is 6.07 Å². The molecule has 176 valence electrons. The highest BCUT2D eigenvalue weighted by Crippen LogP contribution is 2.47. The maximum Gasteiger partial charge on any atom is 0.416 e. The topological polar surface area (TPSA) is 68.3 Å². The number of nitrogens with two attached hydrogens (primary N) is 1. The quantitative estimate of drug-likeness (QED) is 0.546. The Morgan fingerprint density at radius 3 is 2.18 bits per heavy atom. The Morgan fingerprint density at radius 1 is 0.912 bits per heavy atom. The van der Waals surface area contributed by atoms with Gasteiger partial charge in [-0.25, -0.2) is 0 Å². The van der Waals surface area contributed by atoms with Crippen LogP contribution in [-0.2, 0) is 21.8 Å². The summed E-state index contributed by atoms with van der Waals surface area (Å²) >= 11 is 0. The summed E-state index contributed by atoms with van der Waals surface area (Å²) < 4.78 is 92.7. The zero-order chi connectivity index (χ0) is 24.7. The van der Waals surface area contributed by atoms with Crippen LogP contribution >= 0.6 is 0 Å². The van der Waals surface area contributed by atoms with Crippen molar-refractivity contribution in [3.05, 3.63) is 99.1 Å². The molecule has 0 unspecified atom stereocenters. The molecule has 0 saturated heterocycles. The van der Waals surface area contributed by atoms with E-state index in [0.29, 0.717) is 0 Å². The average molecular weight is 478 g/mol. The van der Waals surface area contributed by atoms with Crippen LogP contribution in [0.3, 0.4) is 0 Å². The Kier molecular flexibility index (Phi) is 5.91. The SMILES string of the molecule is N#CC1=C(N)OC2=C(COC/C2=C/c2ccccc2C(F)(F)F)[C@@H]1c1ccccc1C(F)(F)F. The van der Waals surface area contributed by atoms with Gasteiger partial charge in [-0.3, -0.25) is 0 Å². The monoisotopic (exact) mass is 478 g/mol. The maximum absolute atomic E-state index is 13.7. The third-order valence-electron chi connectivity index (χ3n) is 5.51. The van der Waals surface area contributed by atoms with Gasteiger partial charge in [0.2, 0.25) is 5.88 Å². The van der Waals surface area contributed by atoms with Crippen molar-refractivity contribution in [3.8, 4) is 6.07 Å². The number of nitriles is 1. The molecule has 2 aliphatic rings. The van der Waals surface area contributed by atoms with Gasteiger partial charge in [-0.15, -0.1) is 0 Å². The summed E-state index contributed by atoms with van der Waals surface area (Å²) in [7, 11) is 0. The molecule has 34 heavy (non-hydrogen) atoms. The number of alkyl halides is 6. The van der Waals surface area contributed by atoms with E-state index in [1.165, 1.54) is 42.5 Å². The van der Waals surface area contributed by atoms with Crippen molar-refractivity contribution < 1.29 is 35.8 Å². The van der Waals surface area contributed by atoms with Gasteiger partial charge in [-0.1, -0.05) is 36.4 Å². The number of nitrogens with zero attached hydrogens (tertiary/aromatic N) is 1. The van der Waals surface area contributed by atoms with E-state index >= 15 is 0 Å². The molecule has 0 aliphatic carbocycles. The van der Waals surface area contributed by atoms with Crippen LogP contribution in [0.4, 0.5) is 26.3 Å². The van der Waals surface area contributed by atoms with Crippen molar-refractivity contribution in [2.75, 3.05) is 13.2 Å². The lowest BCUT2D eigenvalue weighted by Crippen LogP contribution is -2.29. The van der Waals surface area contributed by atoms with Crippen molar-refractivity contribution in [1.82, 2.24) is 0 Å². The van der Waals surface area contributed by atoms with Crippen molar-refractivity contribution in [1.29, 1.82) is 5.26 Å². The second kappa shape index (κ2) is 8.57. The minimum Gasteiger partial charge on any atom is -0.440 e. The molecule has 0 aromatic heterocycles. The first-order valence-corrected chi connectivity index (χ1v) is 9.94. The summed E-state index contributed by atoms with van der Waals surface area (Å²) in [5.41, 5.74) is 3.73. The molecule has 2 heterocycles. The molecular weight excluding hydrogens is 462 g/mol. The van der Waals surface area contributed by atoms with Crippen molar-refractivity contribution >= 4 is 6.08 Å². The van der Waals surface area contributed by atoms with E-state index in [0.717, 1.165) is 12.1 Å². The lowest BCUT2D eigenvalue weighted by Gasteiger charge is -2.34. The number of hydrogen-bond donors (Lipinski definition) is 1. The molecule has 0 amide bonds. The summed E-state index contributed by atoms with van der Waals surface area (Å²) in [5.74, 6) is -1.66. The number of benzene rings is 2. The van der Waals surface area contributed by atoms with Crippen LogP contribution in [0.5, 0.6) is 0 Å². The standard InChI is InChI=1S/C24H16F6N2O2/c25-23(26,27)18-7-3-1-5-13(18)9-14-11-33-12-17-20(16(10-31)22(32)34-21(14)17)15-6-2-4-8-19(15)24(28,29)30/h1-9,20H,11-12,32H2/b14-9-/t20-/m1/s1. The number of allylic oxidation sites excluding steroid dienone is 1. The van der Waals surface area contributed by atoms with Gasteiger partial charge in [0.1, 0.15) is 17.4 Å². The molecule has 4 nitrogen and oxygen atoms in total. The third-order valence-corrected chi connectivity index (χ3v) is 5.51. The Hall–Kier alpha value is -3.71. The molecule has 2 aromatic rings. The highest BCUT2D eigenvalue weighted by atomic mass is 19.4. The Labute approximate surface area is 190 Å². The zero-order valence-corrected chi connectivity index (χ0v) is 17.3. The fourth-order valence-corrected chi connectivity index (χ4v) is 4.08. The highest BCUT2D eigenvalue weighted by molar-refractivity contribution is 5.65. The summed E-state index contributed by atoms with van der Waals surface area (Å²) in [6.07, 6.45) is -8.14. The predicted octanol–water partition coefficient (Wildman–Crippen LogP) is 5.90. The van der Waals surface area contributed by atoms with Gasteiger partial charge in [0.05, 0.1) is 30.3 Å². The molecule has 2 aromatic carbocycles. The van der Waals surface area contributed by atoms with Gasteiger partial charge in [-0.05, 0) is 29.3 Å². The fraction of sp³-hybridized carbons (Fsp3) is 0.208. The highest BCUT2D eigenvalue weighted by Gasteiger charge is 2.42. The molecule has 0 saturated carbocycles. The van der Waals surface area contributed by atoms with E-state index in [1.54, 1.807) is 0 Å². The Morgan fingerprint density at radius 2 is 1.53 bits per heavy atom. The van der Waals surface area contributed by atoms with E-state index in [2.05, 4.69) is 0 Å². The molecular formula is C24H16F6N2O2. The Balaban J connectivity index is 1.91. The number of ether oxygens (including phenoxy) is 2. The van der Waals surface area contributed by atoms with Crippen LogP contribution in [0.25, 0.3) is 6.08 Å². The first kappa shape index (κ1) is 23.4. The number of rotatable bonds is 2. The van der Waals surface area contributed by atoms with Gasteiger partial charge in [-0.2, -0.15) is 31.6 Å². The van der Waals surface area contributed by atoms with Crippen molar-refractivity contribution in [2.45, 2.75) is 18.3 Å². The molecule has 0 spiro atoms. The normalized spacial score (nSPS) is 20.1. The fourth-order valence-electron chi connectivity index (χ4n) is 4.08. The van der Waals surface area contributed by atoms with Crippen LogP contribution in [0.15, 0.2) is 76.9 Å². The van der Waals surface area contributed by atoms with E-state index in [9.17, 15) is 31.6 Å². The average Bonchev–Trinajstić information content (AvgIpc) is 2.78. The minimum absolute atomic E-state index is 0.00158. The van der Waals surface area contributed by atoms with Gasteiger partial charge < -0.3 is 15.2 Å². The summed E-state index contributed by atoms with van der Waals surface area (Å²) in [6.45, 7) is -0.350. The molecule has 2 N–H and O–H groups in total. The largest absolute Gasteiger partial charge is 0.440 e. The molecule has 4 rings (SSSR count). The Bertz CT molecular complexity index is 1270. The third kappa shape index (κ3) is 4.26. The van der Waals surface area contributed by atoms with Crippen LogP contribution in [0.2, 0.25) is 0 Å². The molecule has 0 radical (unpaired) electrons. The second-order valence-electron chi connectivity index (χ2n) is 7.61.